The van der Waals surface area contributed by atoms with Gasteiger partial charge in [0, 0.05) is 12.7 Å². The Balaban J connectivity index is 2.40. The van der Waals surface area contributed by atoms with Crippen molar-refractivity contribution in [3.05, 3.63) is 47.9 Å². The summed E-state index contributed by atoms with van der Waals surface area (Å²) in [6.45, 7) is -0.0691. The third-order valence-electron chi connectivity index (χ3n) is 3.74. The molecule has 8 nitrogen and oxygen atoms in total. The Bertz CT molecular complexity index is 1040. The molecule has 0 saturated heterocycles. The van der Waals surface area contributed by atoms with Gasteiger partial charge in [0.05, 0.1) is 12.5 Å². The van der Waals surface area contributed by atoms with Gasteiger partial charge in [0.15, 0.2) is 0 Å². The second-order valence-corrected chi connectivity index (χ2v) is 9.56. The maximum absolute atomic E-state index is 12.8. The molecule has 0 atom stereocenters. The molecule has 0 saturated carbocycles. The van der Waals surface area contributed by atoms with Crippen LogP contribution in [-0.4, -0.2) is 66.8 Å². The number of hydrogen-bond donors (Lipinski definition) is 1. The van der Waals surface area contributed by atoms with Gasteiger partial charge in [-0.15, -0.1) is 0 Å². The molecule has 30 heavy (non-hydrogen) atoms. The monoisotopic (exact) mass is 479 g/mol. The molecule has 16 heteroatoms. The van der Waals surface area contributed by atoms with Crippen LogP contribution in [0.4, 0.5) is 26.3 Å². The molecule has 0 amide bonds. The van der Waals surface area contributed by atoms with E-state index in [2.05, 4.69) is 0 Å². The predicted molar refractivity (Wildman–Crippen MR) is 92.9 cm³/mol. The molecule has 0 aromatic carbocycles. The van der Waals surface area contributed by atoms with Gasteiger partial charge in [-0.2, -0.15) is 43.2 Å². The largest absolute Gasteiger partial charge is 0.538 e. The summed E-state index contributed by atoms with van der Waals surface area (Å²) in [7, 11) is -13.8. The first kappa shape index (κ1) is 23.7. The minimum atomic E-state index is -6.90. The normalized spacial score (nSPS) is 18.1. The number of nitrogens with one attached hydrogen (secondary N) is 1. The molecule has 2 rings (SSSR count). The zero-order valence-electron chi connectivity index (χ0n) is 14.6. The van der Waals surface area contributed by atoms with E-state index in [1.807, 2.05) is 0 Å². The van der Waals surface area contributed by atoms with Crippen LogP contribution in [-0.2, 0) is 20.0 Å². The van der Waals surface area contributed by atoms with Crippen LogP contribution in [0.5, 0.6) is 0 Å². The van der Waals surface area contributed by atoms with E-state index >= 15 is 0 Å². The van der Waals surface area contributed by atoms with Crippen LogP contribution in [0.1, 0.15) is 0 Å². The van der Waals surface area contributed by atoms with E-state index in [9.17, 15) is 43.2 Å². The van der Waals surface area contributed by atoms with Crippen LogP contribution < -0.4 is 0 Å². The summed E-state index contributed by atoms with van der Waals surface area (Å²) in [6.07, 6.45) is 9.12. The van der Waals surface area contributed by atoms with Crippen molar-refractivity contribution in [2.45, 2.75) is 11.0 Å². The van der Waals surface area contributed by atoms with Gasteiger partial charge in [-0.1, -0.05) is 6.08 Å². The van der Waals surface area contributed by atoms with Crippen molar-refractivity contribution in [1.29, 1.82) is 5.41 Å². The lowest BCUT2D eigenvalue weighted by atomic mass is 10.0. The van der Waals surface area contributed by atoms with Crippen LogP contribution in [0.15, 0.2) is 47.9 Å². The number of nitrogens with zero attached hydrogens (tertiary/aromatic N) is 3. The molecule has 2 heterocycles. The van der Waals surface area contributed by atoms with Crippen LogP contribution in [0, 0.1) is 5.41 Å². The van der Waals surface area contributed by atoms with Crippen molar-refractivity contribution in [3.63, 3.8) is 0 Å². The molecular formula is C14H13F6N4O4S2+. The third-order valence-corrected chi connectivity index (χ3v) is 7.22. The van der Waals surface area contributed by atoms with Crippen LogP contribution in [0.3, 0.4) is 0 Å². The van der Waals surface area contributed by atoms with E-state index in [-0.39, 0.29) is 6.34 Å². The Hall–Kier alpha value is -2.62. The van der Waals surface area contributed by atoms with Crippen molar-refractivity contribution in [2.24, 2.45) is 0 Å². The van der Waals surface area contributed by atoms with E-state index in [1.54, 1.807) is 18.4 Å². The van der Waals surface area contributed by atoms with Gasteiger partial charge in [-0.25, -0.2) is 4.90 Å². The molecule has 0 aromatic heterocycles. The van der Waals surface area contributed by atoms with Gasteiger partial charge in [0.2, 0.25) is 0 Å². The average molecular weight is 479 g/mol. The van der Waals surface area contributed by atoms with Gasteiger partial charge in [-0.3, -0.25) is 5.41 Å². The van der Waals surface area contributed by atoms with Crippen molar-refractivity contribution in [1.82, 2.24) is 9.80 Å². The molecule has 0 unspecified atom stereocenters. The highest BCUT2D eigenvalue weighted by atomic mass is 32.3. The Morgan fingerprint density at radius 2 is 1.23 bits per heavy atom. The van der Waals surface area contributed by atoms with Crippen molar-refractivity contribution >= 4 is 32.7 Å². The first-order valence-corrected chi connectivity index (χ1v) is 10.6. The topological polar surface area (TPSA) is 102 Å². The van der Waals surface area contributed by atoms with E-state index in [1.165, 1.54) is 17.1 Å². The highest BCUT2D eigenvalue weighted by Gasteiger charge is 2.63. The van der Waals surface area contributed by atoms with Crippen LogP contribution >= 0.6 is 0 Å². The zero-order valence-corrected chi connectivity index (χ0v) is 16.2. The smallest absolute Gasteiger partial charge is 0.336 e. The Labute approximate surface area is 167 Å². The highest BCUT2D eigenvalue weighted by Crippen LogP contribution is 2.32. The fourth-order valence-corrected chi connectivity index (χ4v) is 4.64. The Morgan fingerprint density at radius 3 is 1.53 bits per heavy atom. The molecule has 2 aliphatic rings. The molecule has 2 aliphatic heterocycles. The maximum atomic E-state index is 12.8. The second-order valence-electron chi connectivity index (χ2n) is 5.72. The van der Waals surface area contributed by atoms with Crippen LogP contribution in [0.2, 0.25) is 0 Å². The van der Waals surface area contributed by atoms with Gasteiger partial charge >= 0.3 is 31.1 Å². The molecular weight excluding hydrogens is 466 g/mol. The maximum Gasteiger partial charge on any atom is 0.538 e. The lowest BCUT2D eigenvalue weighted by molar-refractivity contribution is -0.232. The van der Waals surface area contributed by atoms with Crippen molar-refractivity contribution < 1.29 is 46.6 Å². The molecule has 0 aromatic rings. The van der Waals surface area contributed by atoms with E-state index in [0.29, 0.717) is 22.6 Å². The molecule has 0 bridgehead atoms. The van der Waals surface area contributed by atoms with Crippen molar-refractivity contribution in [2.75, 3.05) is 13.1 Å². The van der Waals surface area contributed by atoms with Crippen LogP contribution in [0.25, 0.3) is 0 Å². The predicted octanol–water partition coefficient (Wildman–Crippen LogP) is 1.84. The van der Waals surface area contributed by atoms with Gasteiger partial charge in [0.25, 0.3) is 6.34 Å². The van der Waals surface area contributed by atoms with Gasteiger partial charge < -0.3 is 4.90 Å². The van der Waals surface area contributed by atoms with Gasteiger partial charge in [-0.05, 0) is 32.8 Å². The number of hydrogen-bond acceptors (Lipinski definition) is 5. The molecule has 0 radical (unpaired) electrons. The average Bonchev–Trinajstić information content (AvgIpc) is 2.64. The first-order valence-electron chi connectivity index (χ1n) is 7.67. The Morgan fingerprint density at radius 1 is 0.833 bits per heavy atom. The summed E-state index contributed by atoms with van der Waals surface area (Å²) < 4.78 is 121. The number of sulfonamides is 2. The molecule has 0 fully saturated rings. The quantitative estimate of drug-likeness (QED) is 0.280. The summed E-state index contributed by atoms with van der Waals surface area (Å²) in [5.41, 5.74) is -11.4. The number of rotatable bonds is 5. The molecule has 0 spiro atoms. The standard InChI is InChI=1S/C14H13F6N4O4S2/c15-13(16,17)29(25,26)24(30(27,28)14(18,19)20)10-23-7-3-12(4-8-23)11-1-5-22(9-21)6-2-11/h1-5,7,9-10,21H,6,8H2/q+1. The number of alkyl halides is 6. The lowest BCUT2D eigenvalue weighted by Gasteiger charge is -2.20. The highest BCUT2D eigenvalue weighted by molar-refractivity contribution is 7.98. The fourth-order valence-electron chi connectivity index (χ4n) is 2.21. The summed E-state index contributed by atoms with van der Waals surface area (Å²) in [6, 6.07) is 0. The van der Waals surface area contributed by atoms with Crippen molar-refractivity contribution in [3.8, 4) is 0 Å². The molecule has 166 valence electrons. The fraction of sp³-hybridized carbons (Fsp3) is 0.286. The zero-order chi connectivity index (χ0) is 23.0. The molecule has 0 aliphatic carbocycles. The van der Waals surface area contributed by atoms with E-state index in [0.717, 1.165) is 12.5 Å². The number of halogens is 6. The summed E-state index contributed by atoms with van der Waals surface area (Å²) in [4.78, 5) is 2.05. The van der Waals surface area contributed by atoms with E-state index in [4.69, 9.17) is 5.41 Å². The minimum Gasteiger partial charge on any atom is -0.336 e. The SMILES string of the molecule is N=CN1C=CC(C2=CCN(C=[N+](S(=O)(=O)C(F)(F)F)S(=O)(=O)C(F)(F)F)C=C2)=CC1. The summed E-state index contributed by atoms with van der Waals surface area (Å²) in [5.74, 6) is 0. The third kappa shape index (κ3) is 4.58. The summed E-state index contributed by atoms with van der Waals surface area (Å²) >= 11 is 0. The lowest BCUT2D eigenvalue weighted by Crippen LogP contribution is -2.45. The number of allylic oxidation sites excluding steroid dienone is 4. The molecule has 1 N–H and O–H groups in total. The Kier molecular flexibility index (Phi) is 6.23. The van der Waals surface area contributed by atoms with E-state index < -0.39 is 41.0 Å². The summed E-state index contributed by atoms with van der Waals surface area (Å²) in [5, 5.41) is 7.11. The first-order chi connectivity index (χ1) is 13.6. The van der Waals surface area contributed by atoms with Gasteiger partial charge in [0.1, 0.15) is 6.54 Å². The second kappa shape index (κ2) is 7.90. The minimum absolute atomic E-state index is 0.294.